The number of nitrogens with zero attached hydrogens (tertiary/aromatic N) is 3. The number of fused-ring (bicyclic) bond motifs is 1. The van der Waals surface area contributed by atoms with Crippen molar-refractivity contribution < 1.29 is 32.6 Å². The summed E-state index contributed by atoms with van der Waals surface area (Å²) < 4.78 is 40.7. The van der Waals surface area contributed by atoms with Crippen molar-refractivity contribution in [2.24, 2.45) is 5.92 Å². The first-order chi connectivity index (χ1) is 22.2. The molecule has 262 valence electrons. The molecule has 1 aliphatic heterocycles. The summed E-state index contributed by atoms with van der Waals surface area (Å²) in [6.45, 7) is 6.74. The maximum atomic E-state index is 14.3. The number of aliphatic hydroxyl groups is 1. The molecule has 0 radical (unpaired) electrons. The molecule has 2 N–H and O–H groups in total. The molecule has 0 aliphatic carbocycles. The van der Waals surface area contributed by atoms with E-state index in [0.29, 0.717) is 42.3 Å². The van der Waals surface area contributed by atoms with Gasteiger partial charge in [-0.05, 0) is 103 Å². The Bertz CT molecular complexity index is 1420. The Balaban J connectivity index is 1.92. The summed E-state index contributed by atoms with van der Waals surface area (Å²) in [5.74, 6) is -0.445. The molecule has 0 saturated carbocycles. The van der Waals surface area contributed by atoms with Gasteiger partial charge in [-0.25, -0.2) is 8.42 Å². The molecule has 13 heteroatoms. The summed E-state index contributed by atoms with van der Waals surface area (Å²) in [5.41, 5.74) is 0.747. The Morgan fingerprint density at radius 1 is 1.13 bits per heavy atom. The maximum absolute atomic E-state index is 14.3. The number of rotatable bonds is 11. The lowest BCUT2D eigenvalue weighted by Gasteiger charge is -2.35. The Labute approximate surface area is 285 Å². The number of anilines is 1. The molecule has 0 aromatic heterocycles. The van der Waals surface area contributed by atoms with E-state index in [1.54, 1.807) is 30.0 Å². The van der Waals surface area contributed by atoms with Crippen LogP contribution in [0, 0.1) is 5.92 Å². The SMILES string of the molecule is C[C@@H]1CCCCO[C@@H](CN(C)S(=O)(=O)c2ccc(Cl)cc2)[C@@H](C)CN([C@H](C)CO)C(=O)c2cc(NC(=O)CCCN(C)C)ccc2O1. The van der Waals surface area contributed by atoms with Crippen molar-refractivity contribution in [1.29, 1.82) is 0 Å². The van der Waals surface area contributed by atoms with Crippen LogP contribution in [0.4, 0.5) is 5.69 Å². The van der Waals surface area contributed by atoms with Crippen LogP contribution in [0.15, 0.2) is 47.4 Å². The van der Waals surface area contributed by atoms with Crippen LogP contribution in [0.2, 0.25) is 5.02 Å². The van der Waals surface area contributed by atoms with Crippen molar-refractivity contribution in [2.45, 2.75) is 76.0 Å². The standard InChI is InChI=1S/C34H51ClN4O7S/c1-24-21-39(25(2)23-40)34(42)30-20-28(36-33(41)11-9-18-37(4)5)14-17-31(30)46-26(3)10-7-8-19-45-32(24)22-38(6)47(43,44)29-15-12-27(35)13-16-29/h12-17,20,24-26,32,40H,7-11,18-19,21-23H2,1-6H3,(H,36,41)/t24-,25+,26+,32-/m0/s1. The van der Waals surface area contributed by atoms with Gasteiger partial charge in [-0.1, -0.05) is 18.5 Å². The topological polar surface area (TPSA) is 129 Å². The first-order valence-corrected chi connectivity index (χ1v) is 18.0. The van der Waals surface area contributed by atoms with Crippen molar-refractivity contribution in [1.82, 2.24) is 14.1 Å². The van der Waals surface area contributed by atoms with Crippen LogP contribution in [0.25, 0.3) is 0 Å². The zero-order chi connectivity index (χ0) is 34.7. The summed E-state index contributed by atoms with van der Waals surface area (Å²) in [7, 11) is 1.58. The summed E-state index contributed by atoms with van der Waals surface area (Å²) in [6, 6.07) is 10.5. The lowest BCUT2D eigenvalue weighted by atomic mass is 10.0. The number of benzene rings is 2. The number of sulfonamides is 1. The zero-order valence-electron chi connectivity index (χ0n) is 28.4. The van der Waals surface area contributed by atoms with Gasteiger partial charge in [0.2, 0.25) is 15.9 Å². The number of aliphatic hydroxyl groups excluding tert-OH is 1. The lowest BCUT2D eigenvalue weighted by Crippen LogP contribution is -2.48. The Hall–Kier alpha value is -2.74. The van der Waals surface area contributed by atoms with Crippen molar-refractivity contribution in [3.63, 3.8) is 0 Å². The predicted molar refractivity (Wildman–Crippen MR) is 185 cm³/mol. The first kappa shape index (κ1) is 38.7. The highest BCUT2D eigenvalue weighted by molar-refractivity contribution is 7.89. The van der Waals surface area contributed by atoms with Crippen molar-refractivity contribution in [2.75, 3.05) is 59.3 Å². The van der Waals surface area contributed by atoms with E-state index in [4.69, 9.17) is 21.1 Å². The monoisotopic (exact) mass is 694 g/mol. The van der Waals surface area contributed by atoms with E-state index < -0.39 is 22.2 Å². The fraction of sp³-hybridized carbons (Fsp3) is 0.588. The van der Waals surface area contributed by atoms with Gasteiger partial charge in [-0.15, -0.1) is 0 Å². The molecule has 3 rings (SSSR count). The molecular formula is C34H51ClN4O7S. The van der Waals surface area contributed by atoms with Crippen molar-refractivity contribution in [3.8, 4) is 5.75 Å². The smallest absolute Gasteiger partial charge is 0.258 e. The highest BCUT2D eigenvalue weighted by atomic mass is 35.5. The molecule has 1 heterocycles. The molecule has 2 aromatic carbocycles. The van der Waals surface area contributed by atoms with E-state index in [2.05, 4.69) is 5.32 Å². The minimum absolute atomic E-state index is 0.0573. The van der Waals surface area contributed by atoms with Crippen LogP contribution < -0.4 is 10.1 Å². The molecule has 2 amide bonds. The Kier molecular flexibility index (Phi) is 14.9. The third-order valence-corrected chi connectivity index (χ3v) is 10.4. The molecule has 0 bridgehead atoms. The molecule has 0 fully saturated rings. The second-order valence-electron chi connectivity index (χ2n) is 12.7. The minimum atomic E-state index is -3.84. The van der Waals surface area contributed by atoms with Gasteiger partial charge in [0, 0.05) is 49.8 Å². The average Bonchev–Trinajstić information content (AvgIpc) is 3.02. The van der Waals surface area contributed by atoms with Gasteiger partial charge < -0.3 is 29.7 Å². The summed E-state index contributed by atoms with van der Waals surface area (Å²) in [6.07, 6.45) is 2.54. The average molecular weight is 695 g/mol. The van der Waals surface area contributed by atoms with Gasteiger partial charge in [0.15, 0.2) is 0 Å². The van der Waals surface area contributed by atoms with E-state index in [1.807, 2.05) is 32.8 Å². The number of carbonyl (C=O) groups is 2. The van der Waals surface area contributed by atoms with E-state index >= 15 is 0 Å². The Morgan fingerprint density at radius 2 is 1.83 bits per heavy atom. The van der Waals surface area contributed by atoms with E-state index in [9.17, 15) is 23.1 Å². The number of hydrogen-bond acceptors (Lipinski definition) is 8. The molecule has 0 spiro atoms. The molecule has 11 nitrogen and oxygen atoms in total. The van der Waals surface area contributed by atoms with Gasteiger partial charge in [-0.2, -0.15) is 4.31 Å². The predicted octanol–water partition coefficient (Wildman–Crippen LogP) is 4.74. The van der Waals surface area contributed by atoms with E-state index in [0.717, 1.165) is 19.4 Å². The maximum Gasteiger partial charge on any atom is 0.258 e. The number of amides is 2. The number of hydrogen-bond donors (Lipinski definition) is 2. The number of carbonyl (C=O) groups excluding carboxylic acids is 2. The van der Waals surface area contributed by atoms with Crippen LogP contribution in [-0.4, -0.2) is 112 Å². The highest BCUT2D eigenvalue weighted by Gasteiger charge is 2.32. The molecule has 0 unspecified atom stereocenters. The van der Waals surface area contributed by atoms with Crippen molar-refractivity contribution >= 4 is 39.1 Å². The van der Waals surface area contributed by atoms with Crippen LogP contribution in [0.1, 0.15) is 63.2 Å². The summed E-state index contributed by atoms with van der Waals surface area (Å²) >= 11 is 5.98. The van der Waals surface area contributed by atoms with Gasteiger partial charge in [0.1, 0.15) is 5.75 Å². The zero-order valence-corrected chi connectivity index (χ0v) is 30.0. The van der Waals surface area contributed by atoms with Crippen LogP contribution in [0.5, 0.6) is 5.75 Å². The molecule has 1 aliphatic rings. The van der Waals surface area contributed by atoms with E-state index in [1.165, 1.54) is 35.6 Å². The van der Waals surface area contributed by atoms with Gasteiger partial charge >= 0.3 is 0 Å². The minimum Gasteiger partial charge on any atom is -0.490 e. The van der Waals surface area contributed by atoms with Gasteiger partial charge in [0.25, 0.3) is 5.91 Å². The number of likely N-dealkylation sites (N-methyl/N-ethyl adjacent to an activating group) is 1. The normalized spacial score (nSPS) is 20.8. The fourth-order valence-electron chi connectivity index (χ4n) is 5.38. The van der Waals surface area contributed by atoms with Gasteiger partial charge in [0.05, 0.1) is 35.3 Å². The molecule has 0 saturated heterocycles. The molecule has 47 heavy (non-hydrogen) atoms. The molecule has 4 atom stereocenters. The number of nitrogens with one attached hydrogen (secondary N) is 1. The van der Waals surface area contributed by atoms with Gasteiger partial charge in [-0.3, -0.25) is 9.59 Å². The molecular weight excluding hydrogens is 644 g/mol. The summed E-state index contributed by atoms with van der Waals surface area (Å²) in [5, 5.41) is 13.5. The Morgan fingerprint density at radius 3 is 2.49 bits per heavy atom. The largest absolute Gasteiger partial charge is 0.490 e. The quantitative estimate of drug-likeness (QED) is 0.346. The third-order valence-electron chi connectivity index (χ3n) is 8.30. The van der Waals surface area contributed by atoms with Crippen LogP contribution in [0.3, 0.4) is 0 Å². The summed E-state index contributed by atoms with van der Waals surface area (Å²) in [4.78, 5) is 30.7. The van der Waals surface area contributed by atoms with Crippen LogP contribution in [-0.2, 0) is 19.6 Å². The second kappa shape index (κ2) is 18.1. The fourth-order valence-corrected chi connectivity index (χ4v) is 6.69. The first-order valence-electron chi connectivity index (χ1n) is 16.2. The lowest BCUT2D eigenvalue weighted by molar-refractivity contribution is -0.116. The van der Waals surface area contributed by atoms with Crippen LogP contribution >= 0.6 is 11.6 Å². The third kappa shape index (κ3) is 11.4. The van der Waals surface area contributed by atoms with Crippen molar-refractivity contribution in [3.05, 3.63) is 53.1 Å². The number of ether oxygens (including phenoxy) is 2. The molecule has 2 aromatic rings. The highest BCUT2D eigenvalue weighted by Crippen LogP contribution is 2.29. The second-order valence-corrected chi connectivity index (χ2v) is 15.2. The van der Waals surface area contributed by atoms with E-state index in [-0.39, 0.29) is 54.0 Å². The number of halogens is 1.